The second-order valence-electron chi connectivity index (χ2n) is 7.95. The van der Waals surface area contributed by atoms with E-state index in [9.17, 15) is 14.4 Å². The Balaban J connectivity index is 1.37. The van der Waals surface area contributed by atoms with Crippen molar-refractivity contribution in [2.24, 2.45) is 5.73 Å². The van der Waals surface area contributed by atoms with Crippen LogP contribution in [-0.4, -0.2) is 70.7 Å². The molecular weight excluding hydrogens is 436 g/mol. The maximum Gasteiger partial charge on any atom is 0.295 e. The molecule has 3 heterocycles. The van der Waals surface area contributed by atoms with Gasteiger partial charge in [0.2, 0.25) is 0 Å². The fourth-order valence-electron chi connectivity index (χ4n) is 4.39. The molecule has 10 heteroatoms. The Hall–Kier alpha value is -4.47. The predicted molar refractivity (Wildman–Crippen MR) is 126 cm³/mol. The van der Waals surface area contributed by atoms with E-state index in [4.69, 9.17) is 10.5 Å². The van der Waals surface area contributed by atoms with Crippen LogP contribution in [0.4, 0.5) is 5.82 Å². The number of anilines is 1. The first kappa shape index (κ1) is 21.4. The standard InChI is InChI=1S/C24H22N6O4/c1-34-18-7-6-15(22(25)32)20-19(18)16(12-26-20)21(31)24(33)30-10-8-29(9-11-30)23-14-4-2-3-5-17(14)27-13-28-23/h2-7,12-13,26H,8-11H2,1H3,(H2,25,32). The molecule has 4 aromatic rings. The molecule has 2 aromatic carbocycles. The van der Waals surface area contributed by atoms with Crippen molar-refractivity contribution in [1.29, 1.82) is 0 Å². The molecule has 10 nitrogen and oxygen atoms in total. The molecule has 3 N–H and O–H groups in total. The second-order valence-corrected chi connectivity index (χ2v) is 7.95. The van der Waals surface area contributed by atoms with E-state index in [0.29, 0.717) is 42.8 Å². The molecular formula is C24H22N6O4. The van der Waals surface area contributed by atoms with Gasteiger partial charge in [-0.3, -0.25) is 14.4 Å². The van der Waals surface area contributed by atoms with Crippen molar-refractivity contribution in [3.63, 3.8) is 0 Å². The zero-order valence-corrected chi connectivity index (χ0v) is 18.4. The molecule has 0 bridgehead atoms. The third-order valence-corrected chi connectivity index (χ3v) is 6.11. The first-order chi connectivity index (χ1) is 16.5. The number of fused-ring (bicyclic) bond motifs is 2. The summed E-state index contributed by atoms with van der Waals surface area (Å²) in [5, 5.41) is 1.31. The number of H-pyrrole nitrogens is 1. The van der Waals surface area contributed by atoms with Crippen molar-refractivity contribution in [3.8, 4) is 5.75 Å². The zero-order chi connectivity index (χ0) is 23.8. The van der Waals surface area contributed by atoms with Crippen LogP contribution in [0.15, 0.2) is 48.9 Å². The van der Waals surface area contributed by atoms with Gasteiger partial charge in [0, 0.05) is 37.8 Å². The van der Waals surface area contributed by atoms with Crippen molar-refractivity contribution < 1.29 is 19.1 Å². The minimum atomic E-state index is -0.674. The molecule has 2 aromatic heterocycles. The number of amides is 2. The van der Waals surface area contributed by atoms with Crippen LogP contribution < -0.4 is 15.4 Å². The van der Waals surface area contributed by atoms with Crippen LogP contribution in [-0.2, 0) is 4.79 Å². The number of para-hydroxylation sites is 1. The van der Waals surface area contributed by atoms with Crippen molar-refractivity contribution in [2.75, 3.05) is 38.2 Å². The third-order valence-electron chi connectivity index (χ3n) is 6.11. The Bertz CT molecular complexity index is 1430. The SMILES string of the molecule is COc1ccc(C(N)=O)c2[nH]cc(C(=O)C(=O)N3CCN(c4ncnc5ccccc45)CC3)c12. The highest BCUT2D eigenvalue weighted by atomic mass is 16.5. The number of aromatic nitrogens is 3. The highest BCUT2D eigenvalue weighted by Crippen LogP contribution is 2.32. The Kier molecular flexibility index (Phi) is 5.33. The van der Waals surface area contributed by atoms with Gasteiger partial charge in [0.05, 0.1) is 34.7 Å². The monoisotopic (exact) mass is 458 g/mol. The van der Waals surface area contributed by atoms with E-state index in [2.05, 4.69) is 19.9 Å². The molecule has 0 radical (unpaired) electrons. The number of benzene rings is 2. The number of ketones is 1. The number of methoxy groups -OCH3 is 1. The number of carbonyl (C=O) groups excluding carboxylic acids is 3. The summed E-state index contributed by atoms with van der Waals surface area (Å²) in [6, 6.07) is 10.8. The fourth-order valence-corrected chi connectivity index (χ4v) is 4.39. The minimum absolute atomic E-state index is 0.143. The zero-order valence-electron chi connectivity index (χ0n) is 18.4. The number of nitrogens with one attached hydrogen (secondary N) is 1. The number of nitrogens with zero attached hydrogens (tertiary/aromatic N) is 4. The van der Waals surface area contributed by atoms with Gasteiger partial charge in [-0.25, -0.2) is 9.97 Å². The predicted octanol–water partition coefficient (Wildman–Crippen LogP) is 1.75. The number of rotatable bonds is 5. The van der Waals surface area contributed by atoms with E-state index in [1.165, 1.54) is 30.6 Å². The maximum absolute atomic E-state index is 13.2. The lowest BCUT2D eigenvalue weighted by Gasteiger charge is -2.35. The summed E-state index contributed by atoms with van der Waals surface area (Å²) in [7, 11) is 1.46. The van der Waals surface area contributed by atoms with Crippen molar-refractivity contribution in [1.82, 2.24) is 19.9 Å². The summed E-state index contributed by atoms with van der Waals surface area (Å²) in [6.07, 6.45) is 2.95. The number of aromatic amines is 1. The van der Waals surface area contributed by atoms with E-state index >= 15 is 0 Å². The normalized spacial score (nSPS) is 13.9. The van der Waals surface area contributed by atoms with Gasteiger partial charge in [-0.15, -0.1) is 0 Å². The Morgan fingerprint density at radius 3 is 2.50 bits per heavy atom. The number of Topliss-reactive ketones (excluding diaryl/α,β-unsaturated/α-hetero) is 1. The summed E-state index contributed by atoms with van der Waals surface area (Å²) in [5.41, 5.74) is 7.03. The van der Waals surface area contributed by atoms with Gasteiger partial charge in [-0.2, -0.15) is 0 Å². The van der Waals surface area contributed by atoms with Crippen molar-refractivity contribution in [2.45, 2.75) is 0 Å². The van der Waals surface area contributed by atoms with Crippen molar-refractivity contribution in [3.05, 3.63) is 60.0 Å². The Labute approximate surface area is 194 Å². The molecule has 0 aliphatic carbocycles. The largest absolute Gasteiger partial charge is 0.496 e. The average molecular weight is 458 g/mol. The van der Waals surface area contributed by atoms with Gasteiger partial charge in [-0.05, 0) is 24.3 Å². The minimum Gasteiger partial charge on any atom is -0.496 e. The molecule has 34 heavy (non-hydrogen) atoms. The Morgan fingerprint density at radius 1 is 1.00 bits per heavy atom. The molecule has 5 rings (SSSR count). The summed E-state index contributed by atoms with van der Waals surface area (Å²) < 4.78 is 5.37. The summed E-state index contributed by atoms with van der Waals surface area (Å²) in [4.78, 5) is 53.3. The van der Waals surface area contributed by atoms with Crippen LogP contribution in [0.3, 0.4) is 0 Å². The molecule has 1 aliphatic heterocycles. The lowest BCUT2D eigenvalue weighted by molar-refractivity contribution is -0.126. The van der Waals surface area contributed by atoms with Crippen LogP contribution in [0.1, 0.15) is 20.7 Å². The molecule has 1 aliphatic rings. The number of nitrogens with two attached hydrogens (primary N) is 1. The number of hydrogen-bond donors (Lipinski definition) is 2. The van der Waals surface area contributed by atoms with Crippen LogP contribution in [0.25, 0.3) is 21.8 Å². The summed E-state index contributed by atoms with van der Waals surface area (Å²) in [5.74, 6) is -0.748. The van der Waals surface area contributed by atoms with Crippen molar-refractivity contribution >= 4 is 45.2 Å². The summed E-state index contributed by atoms with van der Waals surface area (Å²) in [6.45, 7) is 1.80. The van der Waals surface area contributed by atoms with Gasteiger partial charge in [0.15, 0.2) is 0 Å². The first-order valence-electron chi connectivity index (χ1n) is 10.8. The number of hydrogen-bond acceptors (Lipinski definition) is 7. The molecule has 0 atom stereocenters. The van der Waals surface area contributed by atoms with E-state index in [0.717, 1.165) is 16.7 Å². The number of primary amides is 1. The van der Waals surface area contributed by atoms with Gasteiger partial charge in [0.25, 0.3) is 17.6 Å². The summed E-state index contributed by atoms with van der Waals surface area (Å²) >= 11 is 0. The molecule has 0 unspecified atom stereocenters. The number of ether oxygens (including phenoxy) is 1. The van der Waals surface area contributed by atoms with E-state index < -0.39 is 17.6 Å². The lowest BCUT2D eigenvalue weighted by Crippen LogP contribution is -2.51. The number of piperazine rings is 1. The van der Waals surface area contributed by atoms with E-state index in [-0.39, 0.29) is 11.1 Å². The highest BCUT2D eigenvalue weighted by Gasteiger charge is 2.30. The van der Waals surface area contributed by atoms with Crippen LogP contribution in [0, 0.1) is 0 Å². The van der Waals surface area contributed by atoms with E-state index in [1.807, 2.05) is 24.3 Å². The van der Waals surface area contributed by atoms with Gasteiger partial charge in [-0.1, -0.05) is 12.1 Å². The van der Waals surface area contributed by atoms with E-state index in [1.54, 1.807) is 6.07 Å². The van der Waals surface area contributed by atoms with Crippen LogP contribution >= 0.6 is 0 Å². The van der Waals surface area contributed by atoms with Gasteiger partial charge >= 0.3 is 0 Å². The molecule has 1 fully saturated rings. The smallest absolute Gasteiger partial charge is 0.295 e. The lowest BCUT2D eigenvalue weighted by atomic mass is 10.0. The van der Waals surface area contributed by atoms with Gasteiger partial charge < -0.3 is 25.3 Å². The molecule has 0 spiro atoms. The quantitative estimate of drug-likeness (QED) is 0.344. The number of carbonyl (C=O) groups is 3. The molecule has 172 valence electrons. The molecule has 2 amide bonds. The molecule has 1 saturated heterocycles. The fraction of sp³-hybridized carbons (Fsp3) is 0.208. The van der Waals surface area contributed by atoms with Crippen LogP contribution in [0.5, 0.6) is 5.75 Å². The highest BCUT2D eigenvalue weighted by molar-refractivity contribution is 6.45. The first-order valence-corrected chi connectivity index (χ1v) is 10.8. The Morgan fingerprint density at radius 2 is 1.76 bits per heavy atom. The molecule has 0 saturated carbocycles. The topological polar surface area (TPSA) is 135 Å². The maximum atomic E-state index is 13.2. The average Bonchev–Trinajstić information content (AvgIpc) is 3.32. The van der Waals surface area contributed by atoms with Gasteiger partial charge in [0.1, 0.15) is 17.9 Å². The third kappa shape index (κ3) is 3.49. The second kappa shape index (κ2) is 8.47. The van der Waals surface area contributed by atoms with Crippen LogP contribution in [0.2, 0.25) is 0 Å².